The standard InChI is InChI=1S/C14H21N3O3S/c18-21(19,17-13-2-1-7-20-10-13)14-6-3-11(9-16-14)8-15-12-4-5-12/h3,6,9,12-13,15,17H,1-2,4-5,7-8,10H2. The maximum absolute atomic E-state index is 12.2. The molecule has 0 aromatic carbocycles. The fourth-order valence-electron chi connectivity index (χ4n) is 2.34. The van der Waals surface area contributed by atoms with Gasteiger partial charge in [0.25, 0.3) is 10.0 Å². The molecule has 1 unspecified atom stereocenters. The van der Waals surface area contributed by atoms with Crippen LogP contribution in [0.1, 0.15) is 31.2 Å². The predicted octanol–water partition coefficient (Wildman–Crippen LogP) is 0.791. The minimum atomic E-state index is -3.56. The maximum atomic E-state index is 12.2. The number of nitrogens with zero attached hydrogens (tertiary/aromatic N) is 1. The lowest BCUT2D eigenvalue weighted by atomic mass is 10.1. The number of sulfonamides is 1. The summed E-state index contributed by atoms with van der Waals surface area (Å²) in [7, 11) is -3.56. The number of aromatic nitrogens is 1. The fraction of sp³-hybridized carbons (Fsp3) is 0.643. The zero-order valence-electron chi connectivity index (χ0n) is 11.9. The summed E-state index contributed by atoms with van der Waals surface area (Å²) >= 11 is 0. The van der Waals surface area contributed by atoms with Crippen LogP contribution in [0.5, 0.6) is 0 Å². The highest BCUT2D eigenvalue weighted by Gasteiger charge is 2.23. The van der Waals surface area contributed by atoms with E-state index in [4.69, 9.17) is 4.74 Å². The molecule has 21 heavy (non-hydrogen) atoms. The van der Waals surface area contributed by atoms with E-state index >= 15 is 0 Å². The van der Waals surface area contributed by atoms with Crippen molar-refractivity contribution in [1.29, 1.82) is 0 Å². The van der Waals surface area contributed by atoms with Crippen molar-refractivity contribution >= 4 is 10.0 Å². The van der Waals surface area contributed by atoms with Crippen LogP contribution in [-0.2, 0) is 21.3 Å². The molecule has 2 heterocycles. The first-order valence-electron chi connectivity index (χ1n) is 7.42. The molecule has 0 radical (unpaired) electrons. The summed E-state index contributed by atoms with van der Waals surface area (Å²) in [5.74, 6) is 0. The fourth-order valence-corrected chi connectivity index (χ4v) is 3.52. The Kier molecular flexibility index (Phi) is 4.54. The Balaban J connectivity index is 1.60. The third kappa shape index (κ3) is 4.23. The van der Waals surface area contributed by atoms with Crippen LogP contribution in [0.15, 0.2) is 23.4 Å². The summed E-state index contributed by atoms with van der Waals surface area (Å²) in [6.07, 6.45) is 5.77. The highest BCUT2D eigenvalue weighted by Crippen LogP contribution is 2.19. The van der Waals surface area contributed by atoms with E-state index < -0.39 is 10.0 Å². The first-order valence-corrected chi connectivity index (χ1v) is 8.90. The summed E-state index contributed by atoms with van der Waals surface area (Å²) in [4.78, 5) is 4.08. The third-order valence-corrected chi connectivity index (χ3v) is 5.16. The van der Waals surface area contributed by atoms with Crippen molar-refractivity contribution < 1.29 is 13.2 Å². The van der Waals surface area contributed by atoms with Gasteiger partial charge in [0.2, 0.25) is 0 Å². The van der Waals surface area contributed by atoms with E-state index in [-0.39, 0.29) is 11.1 Å². The van der Waals surface area contributed by atoms with Crippen molar-refractivity contribution in [2.75, 3.05) is 13.2 Å². The molecule has 7 heteroatoms. The quantitative estimate of drug-likeness (QED) is 0.812. The lowest BCUT2D eigenvalue weighted by molar-refractivity contribution is 0.0774. The van der Waals surface area contributed by atoms with Gasteiger partial charge < -0.3 is 10.1 Å². The van der Waals surface area contributed by atoms with Gasteiger partial charge in [-0.25, -0.2) is 18.1 Å². The SMILES string of the molecule is O=S(=O)(NC1CCCOC1)c1ccc(CNC2CC2)cn1. The lowest BCUT2D eigenvalue weighted by Crippen LogP contribution is -2.40. The van der Waals surface area contributed by atoms with Crippen LogP contribution >= 0.6 is 0 Å². The molecule has 2 N–H and O–H groups in total. The molecule has 1 aliphatic carbocycles. The molecule has 1 atom stereocenters. The molecule has 1 aromatic heterocycles. The van der Waals surface area contributed by atoms with E-state index in [1.165, 1.54) is 12.8 Å². The summed E-state index contributed by atoms with van der Waals surface area (Å²) in [5, 5.41) is 3.45. The maximum Gasteiger partial charge on any atom is 0.258 e. The van der Waals surface area contributed by atoms with Gasteiger partial charge in [-0.3, -0.25) is 0 Å². The Morgan fingerprint density at radius 2 is 2.10 bits per heavy atom. The number of rotatable bonds is 6. The van der Waals surface area contributed by atoms with Gasteiger partial charge in [-0.15, -0.1) is 0 Å². The number of pyridine rings is 1. The predicted molar refractivity (Wildman–Crippen MR) is 78.3 cm³/mol. The molecular weight excluding hydrogens is 290 g/mol. The molecule has 6 nitrogen and oxygen atoms in total. The normalized spacial score (nSPS) is 23.1. The second-order valence-electron chi connectivity index (χ2n) is 5.70. The third-order valence-electron chi connectivity index (χ3n) is 3.73. The lowest BCUT2D eigenvalue weighted by Gasteiger charge is -2.22. The summed E-state index contributed by atoms with van der Waals surface area (Å²) in [6.45, 7) is 1.88. The number of hydrogen-bond donors (Lipinski definition) is 2. The second kappa shape index (κ2) is 6.39. The average Bonchev–Trinajstić information content (AvgIpc) is 3.30. The average molecular weight is 311 g/mol. The molecular formula is C14H21N3O3S. The smallest absolute Gasteiger partial charge is 0.258 e. The van der Waals surface area contributed by atoms with E-state index in [1.54, 1.807) is 12.3 Å². The molecule has 1 aliphatic heterocycles. The molecule has 0 spiro atoms. The van der Waals surface area contributed by atoms with Crippen LogP contribution in [0.4, 0.5) is 0 Å². The van der Waals surface area contributed by atoms with Crippen molar-refractivity contribution in [1.82, 2.24) is 15.0 Å². The van der Waals surface area contributed by atoms with Crippen LogP contribution in [0.3, 0.4) is 0 Å². The van der Waals surface area contributed by atoms with Crippen LogP contribution in [0.2, 0.25) is 0 Å². The first-order chi connectivity index (χ1) is 10.1. The van der Waals surface area contributed by atoms with Crippen molar-refractivity contribution in [2.45, 2.75) is 49.3 Å². The van der Waals surface area contributed by atoms with E-state index in [9.17, 15) is 8.42 Å². The van der Waals surface area contributed by atoms with E-state index in [1.807, 2.05) is 6.07 Å². The van der Waals surface area contributed by atoms with Gasteiger partial charge in [-0.2, -0.15) is 0 Å². The van der Waals surface area contributed by atoms with Crippen LogP contribution in [0, 0.1) is 0 Å². The first kappa shape index (κ1) is 14.9. The van der Waals surface area contributed by atoms with Crippen LogP contribution < -0.4 is 10.0 Å². The van der Waals surface area contributed by atoms with Gasteiger partial charge in [0, 0.05) is 31.4 Å². The topological polar surface area (TPSA) is 80.3 Å². The minimum Gasteiger partial charge on any atom is -0.380 e. The molecule has 2 aliphatic rings. The van der Waals surface area contributed by atoms with Gasteiger partial charge in [-0.1, -0.05) is 6.07 Å². The minimum absolute atomic E-state index is 0.0724. The van der Waals surface area contributed by atoms with Gasteiger partial charge in [0.1, 0.15) is 0 Å². The molecule has 0 amide bonds. The second-order valence-corrected chi connectivity index (χ2v) is 7.36. The van der Waals surface area contributed by atoms with Gasteiger partial charge in [0.15, 0.2) is 5.03 Å². The monoisotopic (exact) mass is 311 g/mol. The Morgan fingerprint density at radius 3 is 2.71 bits per heavy atom. The Bertz CT molecular complexity index is 564. The molecule has 116 valence electrons. The molecule has 2 fully saturated rings. The van der Waals surface area contributed by atoms with E-state index in [0.29, 0.717) is 19.3 Å². The molecule has 1 saturated carbocycles. The molecule has 0 bridgehead atoms. The van der Waals surface area contributed by atoms with Gasteiger partial charge in [0.05, 0.1) is 6.61 Å². The highest BCUT2D eigenvalue weighted by atomic mass is 32.2. The number of hydrogen-bond acceptors (Lipinski definition) is 5. The molecule has 1 saturated heterocycles. The van der Waals surface area contributed by atoms with E-state index in [0.717, 1.165) is 24.9 Å². The number of ether oxygens (including phenoxy) is 1. The van der Waals surface area contributed by atoms with Gasteiger partial charge in [-0.05, 0) is 37.3 Å². The molecule has 1 aromatic rings. The van der Waals surface area contributed by atoms with Gasteiger partial charge >= 0.3 is 0 Å². The summed E-state index contributed by atoms with van der Waals surface area (Å²) in [5.41, 5.74) is 1.00. The summed E-state index contributed by atoms with van der Waals surface area (Å²) in [6, 6.07) is 3.85. The Morgan fingerprint density at radius 1 is 1.24 bits per heavy atom. The zero-order valence-corrected chi connectivity index (χ0v) is 12.7. The zero-order chi connectivity index (χ0) is 14.7. The van der Waals surface area contributed by atoms with E-state index in [2.05, 4.69) is 15.0 Å². The summed E-state index contributed by atoms with van der Waals surface area (Å²) < 4.78 is 32.4. The Hall–Kier alpha value is -1.02. The number of nitrogens with one attached hydrogen (secondary N) is 2. The van der Waals surface area contributed by atoms with Crippen LogP contribution in [0.25, 0.3) is 0 Å². The molecule has 3 rings (SSSR count). The van der Waals surface area contributed by atoms with Crippen molar-refractivity contribution in [3.8, 4) is 0 Å². The van der Waals surface area contributed by atoms with Crippen molar-refractivity contribution in [3.05, 3.63) is 23.9 Å². The Labute approximate surface area is 125 Å². The van der Waals surface area contributed by atoms with Crippen molar-refractivity contribution in [2.24, 2.45) is 0 Å². The van der Waals surface area contributed by atoms with Crippen molar-refractivity contribution in [3.63, 3.8) is 0 Å². The highest BCUT2D eigenvalue weighted by molar-refractivity contribution is 7.89. The largest absolute Gasteiger partial charge is 0.380 e. The van der Waals surface area contributed by atoms with Crippen LogP contribution in [-0.4, -0.2) is 38.7 Å².